The monoisotopic (exact) mass is 275 g/mol. The van der Waals surface area contributed by atoms with Crippen molar-refractivity contribution in [1.29, 1.82) is 0 Å². The molecule has 108 valence electrons. The molecule has 2 aliphatic rings. The van der Waals surface area contributed by atoms with Crippen molar-refractivity contribution in [3.05, 3.63) is 23.8 Å². The highest BCUT2D eigenvalue weighted by Gasteiger charge is 2.39. The van der Waals surface area contributed by atoms with Crippen molar-refractivity contribution in [2.24, 2.45) is 17.8 Å². The third-order valence-electron chi connectivity index (χ3n) is 4.77. The van der Waals surface area contributed by atoms with E-state index in [-0.39, 0.29) is 5.97 Å². The highest BCUT2D eigenvalue weighted by atomic mass is 16.5. The maximum absolute atomic E-state index is 11.4. The Labute approximate surface area is 119 Å². The number of nitrogen functional groups attached to an aromatic ring is 1. The summed E-state index contributed by atoms with van der Waals surface area (Å²) < 4.78 is 10.5. The van der Waals surface area contributed by atoms with E-state index in [4.69, 9.17) is 10.5 Å². The molecule has 4 heteroatoms. The third-order valence-corrected chi connectivity index (χ3v) is 4.77. The Bertz CT molecular complexity index is 514. The van der Waals surface area contributed by atoms with Gasteiger partial charge in [0.2, 0.25) is 0 Å². The lowest BCUT2D eigenvalue weighted by Crippen LogP contribution is -2.19. The lowest BCUT2D eigenvalue weighted by molar-refractivity contribution is 0.0600. The number of benzene rings is 1. The van der Waals surface area contributed by atoms with E-state index in [1.165, 1.54) is 32.8 Å². The highest BCUT2D eigenvalue weighted by molar-refractivity contribution is 5.90. The minimum absolute atomic E-state index is 0.378. The van der Waals surface area contributed by atoms with Gasteiger partial charge in [-0.15, -0.1) is 0 Å². The predicted octanol–water partition coefficient (Wildman–Crippen LogP) is 2.87. The van der Waals surface area contributed by atoms with Gasteiger partial charge >= 0.3 is 5.97 Å². The van der Waals surface area contributed by atoms with Crippen LogP contribution in [0.3, 0.4) is 0 Å². The molecule has 2 N–H and O–H groups in total. The summed E-state index contributed by atoms with van der Waals surface area (Å²) >= 11 is 0. The predicted molar refractivity (Wildman–Crippen MR) is 76.6 cm³/mol. The molecule has 2 aliphatic carbocycles. The maximum atomic E-state index is 11.4. The highest BCUT2D eigenvalue weighted by Crippen LogP contribution is 2.48. The second-order valence-electron chi connectivity index (χ2n) is 5.99. The molecule has 0 amide bonds. The van der Waals surface area contributed by atoms with Gasteiger partial charge in [0.05, 0.1) is 25.0 Å². The molecular formula is C16H21NO3. The van der Waals surface area contributed by atoms with E-state index >= 15 is 0 Å². The van der Waals surface area contributed by atoms with Crippen LogP contribution in [0, 0.1) is 17.8 Å². The molecule has 0 aliphatic heterocycles. The number of esters is 1. The zero-order valence-electron chi connectivity index (χ0n) is 11.8. The van der Waals surface area contributed by atoms with Crippen LogP contribution in [0.2, 0.25) is 0 Å². The summed E-state index contributed by atoms with van der Waals surface area (Å²) in [5.41, 5.74) is 6.89. The van der Waals surface area contributed by atoms with Gasteiger partial charge < -0.3 is 15.2 Å². The van der Waals surface area contributed by atoms with Gasteiger partial charge in [0.15, 0.2) is 0 Å². The van der Waals surface area contributed by atoms with Crippen LogP contribution in [0.25, 0.3) is 0 Å². The summed E-state index contributed by atoms with van der Waals surface area (Å²) in [4.78, 5) is 11.4. The van der Waals surface area contributed by atoms with Crippen molar-refractivity contribution in [1.82, 2.24) is 0 Å². The number of hydrogen-bond donors (Lipinski definition) is 1. The molecule has 3 atom stereocenters. The van der Waals surface area contributed by atoms with Crippen molar-refractivity contribution in [3.8, 4) is 5.75 Å². The Kier molecular flexibility index (Phi) is 3.55. The molecule has 2 fully saturated rings. The molecule has 4 nitrogen and oxygen atoms in total. The maximum Gasteiger partial charge on any atom is 0.337 e. The van der Waals surface area contributed by atoms with E-state index in [1.54, 1.807) is 18.2 Å². The molecule has 20 heavy (non-hydrogen) atoms. The summed E-state index contributed by atoms with van der Waals surface area (Å²) in [5, 5.41) is 0. The molecule has 0 heterocycles. The first kappa shape index (κ1) is 13.3. The quantitative estimate of drug-likeness (QED) is 0.678. The van der Waals surface area contributed by atoms with Gasteiger partial charge in [-0.05, 0) is 55.2 Å². The Hall–Kier alpha value is -1.71. The third kappa shape index (κ3) is 2.47. The molecule has 2 saturated carbocycles. The van der Waals surface area contributed by atoms with Crippen molar-refractivity contribution in [2.75, 3.05) is 19.5 Å². The second-order valence-corrected chi connectivity index (χ2v) is 5.99. The number of carbonyl (C=O) groups excluding carboxylic acids is 1. The number of anilines is 1. The smallest absolute Gasteiger partial charge is 0.337 e. The van der Waals surface area contributed by atoms with Crippen LogP contribution < -0.4 is 10.5 Å². The van der Waals surface area contributed by atoms with Gasteiger partial charge in [-0.2, -0.15) is 0 Å². The SMILES string of the molecule is COC(=O)c1ccc(OCC2CC3CCC2C3)c(N)c1. The molecule has 1 aromatic carbocycles. The van der Waals surface area contributed by atoms with Gasteiger partial charge in [0.1, 0.15) is 5.75 Å². The second kappa shape index (κ2) is 5.35. The normalized spacial score (nSPS) is 27.6. The summed E-state index contributed by atoms with van der Waals surface area (Å²) in [6.07, 6.45) is 5.43. The van der Waals surface area contributed by atoms with Crippen molar-refractivity contribution < 1.29 is 14.3 Å². The Balaban J connectivity index is 1.61. The van der Waals surface area contributed by atoms with Crippen LogP contribution in [-0.2, 0) is 4.74 Å². The zero-order chi connectivity index (χ0) is 14.1. The van der Waals surface area contributed by atoms with Crippen LogP contribution in [0.1, 0.15) is 36.0 Å². The number of methoxy groups -OCH3 is 1. The molecule has 3 rings (SSSR count). The minimum atomic E-state index is -0.378. The Morgan fingerprint density at radius 2 is 2.20 bits per heavy atom. The average molecular weight is 275 g/mol. The number of ether oxygens (including phenoxy) is 2. The van der Waals surface area contributed by atoms with Crippen LogP contribution >= 0.6 is 0 Å². The lowest BCUT2D eigenvalue weighted by Gasteiger charge is -2.22. The molecule has 0 spiro atoms. The van der Waals surface area contributed by atoms with Crippen molar-refractivity contribution in [3.63, 3.8) is 0 Å². The number of nitrogens with two attached hydrogens (primary N) is 1. The molecule has 0 saturated heterocycles. The minimum Gasteiger partial charge on any atom is -0.491 e. The van der Waals surface area contributed by atoms with Gasteiger partial charge in [-0.3, -0.25) is 0 Å². The number of carbonyl (C=O) groups is 1. The fourth-order valence-corrected chi connectivity index (χ4v) is 3.70. The first-order chi connectivity index (χ1) is 9.67. The van der Waals surface area contributed by atoms with E-state index < -0.39 is 0 Å². The Morgan fingerprint density at radius 3 is 2.80 bits per heavy atom. The molecular weight excluding hydrogens is 254 g/mol. The number of fused-ring (bicyclic) bond motifs is 2. The molecule has 2 bridgehead atoms. The van der Waals surface area contributed by atoms with Crippen LogP contribution in [0.15, 0.2) is 18.2 Å². The van der Waals surface area contributed by atoms with Gasteiger partial charge in [0.25, 0.3) is 0 Å². The van der Waals surface area contributed by atoms with Crippen LogP contribution in [0.4, 0.5) is 5.69 Å². The summed E-state index contributed by atoms with van der Waals surface area (Å²) in [5.74, 6) is 2.73. The molecule has 0 aromatic heterocycles. The lowest BCUT2D eigenvalue weighted by atomic mass is 9.89. The first-order valence-corrected chi connectivity index (χ1v) is 7.28. The van der Waals surface area contributed by atoms with Crippen molar-refractivity contribution >= 4 is 11.7 Å². The van der Waals surface area contributed by atoms with E-state index in [2.05, 4.69) is 4.74 Å². The van der Waals surface area contributed by atoms with E-state index in [0.29, 0.717) is 22.9 Å². The van der Waals surface area contributed by atoms with Crippen molar-refractivity contribution in [2.45, 2.75) is 25.7 Å². The molecule has 1 aromatic rings. The summed E-state index contributed by atoms with van der Waals surface area (Å²) in [6, 6.07) is 5.06. The molecule has 3 unspecified atom stereocenters. The van der Waals surface area contributed by atoms with E-state index in [0.717, 1.165) is 18.4 Å². The standard InChI is InChI=1S/C16H21NO3/c1-19-16(18)12-4-5-15(14(17)8-12)20-9-13-7-10-2-3-11(13)6-10/h4-5,8,10-11,13H,2-3,6-7,9,17H2,1H3. The number of hydrogen-bond acceptors (Lipinski definition) is 4. The first-order valence-electron chi connectivity index (χ1n) is 7.28. The largest absolute Gasteiger partial charge is 0.491 e. The average Bonchev–Trinajstić information content (AvgIpc) is 3.07. The zero-order valence-corrected chi connectivity index (χ0v) is 11.8. The van der Waals surface area contributed by atoms with Gasteiger partial charge in [-0.25, -0.2) is 4.79 Å². The van der Waals surface area contributed by atoms with Crippen LogP contribution in [0.5, 0.6) is 5.75 Å². The summed E-state index contributed by atoms with van der Waals surface area (Å²) in [7, 11) is 1.36. The summed E-state index contributed by atoms with van der Waals surface area (Å²) in [6.45, 7) is 0.739. The van der Waals surface area contributed by atoms with Gasteiger partial charge in [-0.1, -0.05) is 6.42 Å². The Morgan fingerprint density at radius 1 is 1.35 bits per heavy atom. The van der Waals surface area contributed by atoms with Crippen LogP contribution in [-0.4, -0.2) is 19.7 Å². The fourth-order valence-electron chi connectivity index (χ4n) is 3.70. The topological polar surface area (TPSA) is 61.5 Å². The molecule has 0 radical (unpaired) electrons. The van der Waals surface area contributed by atoms with Gasteiger partial charge in [0, 0.05) is 0 Å². The van der Waals surface area contributed by atoms with E-state index in [9.17, 15) is 4.79 Å². The fraction of sp³-hybridized carbons (Fsp3) is 0.562. The van der Waals surface area contributed by atoms with E-state index in [1.807, 2.05) is 0 Å². The number of rotatable bonds is 4.